The van der Waals surface area contributed by atoms with Crippen molar-refractivity contribution in [3.05, 3.63) is 117 Å². The minimum atomic E-state index is -0.635. The van der Waals surface area contributed by atoms with Crippen LogP contribution in [0.4, 0.5) is 8.78 Å². The molecule has 0 saturated carbocycles. The smallest absolute Gasteiger partial charge is 0.332 e. The Morgan fingerprint density at radius 2 is 1.88 bits per heavy atom. The van der Waals surface area contributed by atoms with Gasteiger partial charge in [-0.25, -0.2) is 28.5 Å². The maximum atomic E-state index is 14.6. The maximum absolute atomic E-state index is 14.6. The zero-order valence-corrected chi connectivity index (χ0v) is 21.9. The summed E-state index contributed by atoms with van der Waals surface area (Å²) in [5.74, 6) is -1.42. The predicted octanol–water partition coefficient (Wildman–Crippen LogP) is 4.29. The highest BCUT2D eigenvalue weighted by molar-refractivity contribution is 5.95. The first-order chi connectivity index (χ1) is 19.9. The first kappa shape index (κ1) is 24.8. The van der Waals surface area contributed by atoms with Crippen molar-refractivity contribution in [2.24, 2.45) is 0 Å². The number of aromatic amines is 1. The van der Waals surface area contributed by atoms with E-state index in [0.717, 1.165) is 22.7 Å². The molecular weight excluding hydrogens is 528 g/mol. The molecule has 1 N–H and O–H groups in total. The lowest BCUT2D eigenvalue weighted by molar-refractivity contribution is 0.0730. The van der Waals surface area contributed by atoms with Crippen molar-refractivity contribution in [1.82, 2.24) is 34.0 Å². The van der Waals surface area contributed by atoms with Crippen molar-refractivity contribution in [3.8, 4) is 5.69 Å². The number of carbonyl (C=O) groups excluding carboxylic acids is 1. The van der Waals surface area contributed by atoms with Crippen LogP contribution in [0.25, 0.3) is 27.9 Å². The van der Waals surface area contributed by atoms with E-state index in [2.05, 4.69) is 19.9 Å². The molecule has 4 aromatic heterocycles. The van der Waals surface area contributed by atoms with Gasteiger partial charge in [-0.05, 0) is 61.4 Å². The molecule has 0 spiro atoms. The van der Waals surface area contributed by atoms with Crippen LogP contribution in [0.15, 0.2) is 71.9 Å². The molecule has 11 heteroatoms. The Labute approximate surface area is 231 Å². The van der Waals surface area contributed by atoms with Crippen LogP contribution in [-0.2, 0) is 19.5 Å². The first-order valence-corrected chi connectivity index (χ1v) is 13.1. The van der Waals surface area contributed by atoms with Gasteiger partial charge in [-0.1, -0.05) is 6.07 Å². The summed E-state index contributed by atoms with van der Waals surface area (Å²) in [4.78, 5) is 43.7. The van der Waals surface area contributed by atoms with E-state index in [1.165, 1.54) is 23.0 Å². The monoisotopic (exact) mass is 551 g/mol. The fraction of sp³-hybridized carbons (Fsp3) is 0.167. The number of imidazole rings is 1. The molecule has 7 rings (SSSR count). The van der Waals surface area contributed by atoms with E-state index >= 15 is 0 Å². The number of fused-ring (bicyclic) bond motifs is 4. The van der Waals surface area contributed by atoms with Crippen molar-refractivity contribution in [1.29, 1.82) is 0 Å². The molecule has 0 saturated heterocycles. The summed E-state index contributed by atoms with van der Waals surface area (Å²) < 4.78 is 31.5. The number of rotatable bonds is 4. The Morgan fingerprint density at radius 1 is 1.05 bits per heavy atom. The average Bonchev–Trinajstić information content (AvgIpc) is 3.48. The number of H-pyrrole nitrogens is 1. The molecule has 0 unspecified atom stereocenters. The largest absolute Gasteiger partial charge is 0.332 e. The number of halogens is 2. The van der Waals surface area contributed by atoms with Gasteiger partial charge in [-0.3, -0.25) is 14.3 Å². The van der Waals surface area contributed by atoms with Gasteiger partial charge in [-0.15, -0.1) is 0 Å². The third-order valence-corrected chi connectivity index (χ3v) is 7.67. The van der Waals surface area contributed by atoms with E-state index in [-0.39, 0.29) is 18.1 Å². The number of hydrogen-bond acceptors (Lipinski definition) is 5. The van der Waals surface area contributed by atoms with Gasteiger partial charge in [0.2, 0.25) is 0 Å². The zero-order chi connectivity index (χ0) is 28.2. The highest BCUT2D eigenvalue weighted by Crippen LogP contribution is 2.31. The number of amides is 1. The fourth-order valence-corrected chi connectivity index (χ4v) is 5.69. The number of hydrogen-bond donors (Lipinski definition) is 1. The van der Waals surface area contributed by atoms with Gasteiger partial charge in [0.05, 0.1) is 24.5 Å². The molecule has 41 heavy (non-hydrogen) atoms. The van der Waals surface area contributed by atoms with Crippen LogP contribution >= 0.6 is 0 Å². The molecule has 0 radical (unpaired) electrons. The summed E-state index contributed by atoms with van der Waals surface area (Å²) in [6.07, 6.45) is 3.70. The molecule has 0 atom stereocenters. The minimum Gasteiger partial charge on any atom is -0.332 e. The lowest BCUT2D eigenvalue weighted by Gasteiger charge is -2.29. The highest BCUT2D eigenvalue weighted by Gasteiger charge is 2.28. The van der Waals surface area contributed by atoms with E-state index in [1.54, 1.807) is 42.3 Å². The number of benzene rings is 2. The molecule has 1 aliphatic rings. The number of nitrogens with one attached hydrogen (secondary N) is 1. The van der Waals surface area contributed by atoms with E-state index in [0.29, 0.717) is 58.8 Å². The van der Waals surface area contributed by atoms with Gasteiger partial charge in [0.1, 0.15) is 29.1 Å². The van der Waals surface area contributed by atoms with Crippen LogP contribution in [0.2, 0.25) is 0 Å². The Hall–Kier alpha value is -5.19. The van der Waals surface area contributed by atoms with Crippen LogP contribution in [0.5, 0.6) is 0 Å². The number of pyridine rings is 1. The molecule has 2 aromatic carbocycles. The van der Waals surface area contributed by atoms with Crippen LogP contribution in [0.1, 0.15) is 32.9 Å². The van der Waals surface area contributed by atoms with Crippen LogP contribution in [-0.4, -0.2) is 46.4 Å². The summed E-state index contributed by atoms with van der Waals surface area (Å²) in [7, 11) is 0. The molecule has 9 nitrogen and oxygen atoms in total. The second-order valence-electron chi connectivity index (χ2n) is 10.1. The van der Waals surface area contributed by atoms with E-state index in [4.69, 9.17) is 0 Å². The van der Waals surface area contributed by atoms with Crippen molar-refractivity contribution in [3.63, 3.8) is 0 Å². The SMILES string of the molecule is Cc1ncnc2[nH]c(=O)n(-c3ccc(C(=O)N4CCc5c(n(Cc6ccc(F)cc6F)c6ncccc56)C4)cc3)c12. The standard InChI is InChI=1S/C30H23F2N7O2/c1-17-26-27(35-16-34-17)36-30(41)39(26)21-8-5-18(6-9-21)29(40)37-12-10-22-23-3-2-11-33-28(23)38(25(22)15-37)14-19-4-7-20(31)13-24(19)32/h2-9,11,13,16H,10,12,14-15H2,1H3,(H,34,35,36,41). The molecule has 6 aromatic rings. The first-order valence-electron chi connectivity index (χ1n) is 13.1. The van der Waals surface area contributed by atoms with Gasteiger partial charge >= 0.3 is 5.69 Å². The number of carbonyl (C=O) groups is 1. The fourth-order valence-electron chi connectivity index (χ4n) is 5.69. The van der Waals surface area contributed by atoms with Gasteiger partial charge in [0.15, 0.2) is 5.65 Å². The van der Waals surface area contributed by atoms with Crippen LogP contribution in [0, 0.1) is 18.6 Å². The summed E-state index contributed by atoms with van der Waals surface area (Å²) >= 11 is 0. The van der Waals surface area contributed by atoms with Gasteiger partial charge in [-0.2, -0.15) is 0 Å². The van der Waals surface area contributed by atoms with E-state index in [9.17, 15) is 18.4 Å². The normalized spacial score (nSPS) is 13.2. The second-order valence-corrected chi connectivity index (χ2v) is 10.1. The highest BCUT2D eigenvalue weighted by atomic mass is 19.1. The minimum absolute atomic E-state index is 0.161. The Kier molecular flexibility index (Phi) is 5.74. The summed E-state index contributed by atoms with van der Waals surface area (Å²) in [5.41, 5.74) is 5.38. The topological polar surface area (TPSA) is 102 Å². The quantitative estimate of drug-likeness (QED) is 0.352. The molecule has 204 valence electrons. The van der Waals surface area contributed by atoms with E-state index in [1.807, 2.05) is 16.7 Å². The molecule has 0 aliphatic carbocycles. The third-order valence-electron chi connectivity index (χ3n) is 7.67. The Bertz CT molecular complexity index is 2040. The maximum Gasteiger partial charge on any atom is 0.332 e. The molecule has 5 heterocycles. The summed E-state index contributed by atoms with van der Waals surface area (Å²) in [6.45, 7) is 2.78. The van der Waals surface area contributed by atoms with Crippen molar-refractivity contribution in [2.45, 2.75) is 26.4 Å². The average molecular weight is 552 g/mol. The lowest BCUT2D eigenvalue weighted by Crippen LogP contribution is -2.36. The molecule has 0 fully saturated rings. The Morgan fingerprint density at radius 3 is 2.68 bits per heavy atom. The van der Waals surface area contributed by atoms with Crippen molar-refractivity contribution in [2.75, 3.05) is 6.54 Å². The predicted molar refractivity (Wildman–Crippen MR) is 148 cm³/mol. The molecular formula is C30H23F2N7O2. The van der Waals surface area contributed by atoms with Crippen molar-refractivity contribution >= 4 is 28.1 Å². The molecule has 1 aliphatic heterocycles. The van der Waals surface area contributed by atoms with Crippen molar-refractivity contribution < 1.29 is 13.6 Å². The molecule has 1 amide bonds. The van der Waals surface area contributed by atoms with Crippen LogP contribution in [0.3, 0.4) is 0 Å². The van der Waals surface area contributed by atoms with Crippen LogP contribution < -0.4 is 5.69 Å². The number of aromatic nitrogens is 6. The second kappa shape index (κ2) is 9.47. The van der Waals surface area contributed by atoms with Gasteiger partial charge in [0, 0.05) is 41.0 Å². The van der Waals surface area contributed by atoms with Gasteiger partial charge in [0.25, 0.3) is 5.91 Å². The number of nitrogens with zero attached hydrogens (tertiary/aromatic N) is 6. The summed E-state index contributed by atoms with van der Waals surface area (Å²) in [6, 6.07) is 14.2. The molecule has 0 bridgehead atoms. The zero-order valence-electron chi connectivity index (χ0n) is 21.9. The van der Waals surface area contributed by atoms with E-state index < -0.39 is 11.6 Å². The third kappa shape index (κ3) is 4.08. The Balaban J connectivity index is 1.21. The summed E-state index contributed by atoms with van der Waals surface area (Å²) in [5, 5.41) is 0.963. The lowest BCUT2D eigenvalue weighted by atomic mass is 10.0. The van der Waals surface area contributed by atoms with Gasteiger partial charge < -0.3 is 9.47 Å². The number of aryl methyl sites for hydroxylation is 1.